The van der Waals surface area contributed by atoms with Gasteiger partial charge in [0.05, 0.1) is 6.20 Å². The average Bonchev–Trinajstić information content (AvgIpc) is 2.59. The van der Waals surface area contributed by atoms with E-state index >= 15 is 0 Å². The van der Waals surface area contributed by atoms with E-state index in [9.17, 15) is 9.90 Å². The first-order chi connectivity index (χ1) is 11.6. The average molecular weight is 326 g/mol. The van der Waals surface area contributed by atoms with Crippen molar-refractivity contribution in [2.24, 2.45) is 5.92 Å². The van der Waals surface area contributed by atoms with E-state index in [-0.39, 0.29) is 11.2 Å². The van der Waals surface area contributed by atoms with Gasteiger partial charge in [-0.2, -0.15) is 0 Å². The van der Waals surface area contributed by atoms with Gasteiger partial charge in [-0.05, 0) is 43.8 Å². The van der Waals surface area contributed by atoms with Gasteiger partial charge < -0.3 is 9.67 Å². The van der Waals surface area contributed by atoms with Gasteiger partial charge in [0.25, 0.3) is 0 Å². The molecule has 1 aromatic heterocycles. The van der Waals surface area contributed by atoms with Crippen LogP contribution in [0.25, 0.3) is 0 Å². The number of hydrogen-bond acceptors (Lipinski definition) is 3. The molecular formula is C20H26N2O2. The van der Waals surface area contributed by atoms with Crippen LogP contribution in [0.3, 0.4) is 0 Å². The maximum Gasteiger partial charge on any atom is 0.223 e. The van der Waals surface area contributed by atoms with Gasteiger partial charge in [0.1, 0.15) is 0 Å². The third kappa shape index (κ3) is 4.26. The lowest BCUT2D eigenvalue weighted by Crippen LogP contribution is -2.33. The monoisotopic (exact) mass is 326 g/mol. The van der Waals surface area contributed by atoms with Crippen molar-refractivity contribution in [2.45, 2.75) is 39.3 Å². The lowest BCUT2D eigenvalue weighted by Gasteiger charge is -2.31. The summed E-state index contributed by atoms with van der Waals surface area (Å²) in [5.74, 6) is 0.625. The normalized spacial score (nSPS) is 16.4. The van der Waals surface area contributed by atoms with Gasteiger partial charge in [0.15, 0.2) is 5.75 Å². The molecule has 0 amide bonds. The summed E-state index contributed by atoms with van der Waals surface area (Å²) in [4.78, 5) is 14.3. The summed E-state index contributed by atoms with van der Waals surface area (Å²) >= 11 is 0. The van der Waals surface area contributed by atoms with Crippen molar-refractivity contribution in [2.75, 3.05) is 13.1 Å². The van der Waals surface area contributed by atoms with E-state index in [4.69, 9.17) is 0 Å². The molecule has 3 rings (SSSR count). The van der Waals surface area contributed by atoms with Gasteiger partial charge in [-0.25, -0.2) is 0 Å². The minimum absolute atomic E-state index is 0.168. The quantitative estimate of drug-likeness (QED) is 0.918. The fourth-order valence-corrected chi connectivity index (χ4v) is 3.29. The van der Waals surface area contributed by atoms with E-state index in [1.54, 1.807) is 12.3 Å². The van der Waals surface area contributed by atoms with E-state index < -0.39 is 0 Å². The topological polar surface area (TPSA) is 45.5 Å². The highest BCUT2D eigenvalue weighted by atomic mass is 16.3. The van der Waals surface area contributed by atoms with Crippen molar-refractivity contribution in [1.29, 1.82) is 0 Å². The molecule has 1 aromatic carbocycles. The Bertz CT molecular complexity index is 716. The summed E-state index contributed by atoms with van der Waals surface area (Å²) in [6.07, 6.45) is 4.90. The molecule has 0 saturated carbocycles. The smallest absolute Gasteiger partial charge is 0.223 e. The molecule has 4 heteroatoms. The Kier molecular flexibility index (Phi) is 5.36. The van der Waals surface area contributed by atoms with Crippen molar-refractivity contribution in [3.8, 4) is 5.75 Å². The second kappa shape index (κ2) is 7.67. The first kappa shape index (κ1) is 16.8. The Morgan fingerprint density at radius 2 is 1.88 bits per heavy atom. The van der Waals surface area contributed by atoms with Crippen molar-refractivity contribution in [3.63, 3.8) is 0 Å². The molecule has 1 N–H and O–H groups in total. The molecule has 1 aliphatic heterocycles. The number of likely N-dealkylation sites (tertiary alicyclic amines) is 1. The maximum atomic E-state index is 11.9. The molecule has 0 atom stereocenters. The van der Waals surface area contributed by atoms with Gasteiger partial charge >= 0.3 is 0 Å². The molecule has 4 nitrogen and oxygen atoms in total. The van der Waals surface area contributed by atoms with Gasteiger partial charge in [-0.1, -0.05) is 37.3 Å². The molecule has 0 aliphatic carbocycles. The largest absolute Gasteiger partial charge is 0.503 e. The molecule has 0 radical (unpaired) electrons. The highest BCUT2D eigenvalue weighted by Gasteiger charge is 2.17. The minimum Gasteiger partial charge on any atom is -0.503 e. The summed E-state index contributed by atoms with van der Waals surface area (Å²) in [6.45, 7) is 5.99. The van der Waals surface area contributed by atoms with Crippen LogP contribution in [0, 0.1) is 5.92 Å². The number of hydrogen-bond donors (Lipinski definition) is 1. The highest BCUT2D eigenvalue weighted by Crippen LogP contribution is 2.18. The maximum absolute atomic E-state index is 11.9. The van der Waals surface area contributed by atoms with Crippen molar-refractivity contribution in [3.05, 3.63) is 64.1 Å². The van der Waals surface area contributed by atoms with Gasteiger partial charge in [0.2, 0.25) is 5.43 Å². The number of aromatic hydroxyl groups is 1. The summed E-state index contributed by atoms with van der Waals surface area (Å²) < 4.78 is 2.03. The van der Waals surface area contributed by atoms with Crippen LogP contribution < -0.4 is 5.43 Å². The van der Waals surface area contributed by atoms with Crippen LogP contribution in [-0.2, 0) is 19.5 Å². The first-order valence-corrected chi connectivity index (χ1v) is 8.80. The van der Waals surface area contributed by atoms with E-state index in [0.717, 1.165) is 44.2 Å². The van der Waals surface area contributed by atoms with Crippen LogP contribution in [0.5, 0.6) is 5.75 Å². The van der Waals surface area contributed by atoms with E-state index in [0.29, 0.717) is 0 Å². The van der Waals surface area contributed by atoms with Crippen LogP contribution in [0.4, 0.5) is 0 Å². The SMILES string of the molecule is CC1CCN(Cc2cc(=O)c(O)cn2CCc2ccccc2)CC1. The van der Waals surface area contributed by atoms with Crippen LogP contribution in [0.2, 0.25) is 0 Å². The van der Waals surface area contributed by atoms with Crippen LogP contribution in [0.1, 0.15) is 31.0 Å². The Labute approximate surface area is 143 Å². The zero-order valence-corrected chi connectivity index (χ0v) is 14.3. The summed E-state index contributed by atoms with van der Waals surface area (Å²) in [5.41, 5.74) is 1.96. The standard InChI is InChI=1S/C20H26N2O2/c1-16-7-10-21(11-8-16)14-18-13-19(23)20(24)15-22(18)12-9-17-5-3-2-4-6-17/h2-6,13,15-16,24H,7-12,14H2,1H3. The predicted octanol–water partition coefficient (Wildman–Crippen LogP) is 3.03. The Balaban J connectivity index is 1.74. The number of aromatic nitrogens is 1. The molecule has 0 bridgehead atoms. The molecule has 1 aliphatic rings. The van der Waals surface area contributed by atoms with E-state index in [1.807, 2.05) is 22.8 Å². The minimum atomic E-state index is -0.286. The Morgan fingerprint density at radius 3 is 2.58 bits per heavy atom. The number of piperidine rings is 1. The Hall–Kier alpha value is -2.07. The molecule has 128 valence electrons. The van der Waals surface area contributed by atoms with E-state index in [2.05, 4.69) is 24.0 Å². The molecule has 2 aromatic rings. The van der Waals surface area contributed by atoms with Gasteiger partial charge in [-0.15, -0.1) is 0 Å². The number of nitrogens with zero attached hydrogens (tertiary/aromatic N) is 2. The van der Waals surface area contributed by atoms with E-state index in [1.165, 1.54) is 18.4 Å². The summed E-state index contributed by atoms with van der Waals surface area (Å²) in [6, 6.07) is 11.9. The third-order valence-corrected chi connectivity index (χ3v) is 4.94. The van der Waals surface area contributed by atoms with Gasteiger partial charge in [-0.3, -0.25) is 9.69 Å². The molecule has 0 unspecified atom stereocenters. The van der Waals surface area contributed by atoms with Crippen LogP contribution >= 0.6 is 0 Å². The molecule has 2 heterocycles. The predicted molar refractivity (Wildman–Crippen MR) is 96.2 cm³/mol. The van der Waals surface area contributed by atoms with Crippen molar-refractivity contribution < 1.29 is 5.11 Å². The molecule has 24 heavy (non-hydrogen) atoms. The molecule has 1 saturated heterocycles. The molecule has 0 spiro atoms. The summed E-state index contributed by atoms with van der Waals surface area (Å²) in [5, 5.41) is 9.82. The fourth-order valence-electron chi connectivity index (χ4n) is 3.29. The van der Waals surface area contributed by atoms with Crippen LogP contribution in [-0.4, -0.2) is 27.7 Å². The Morgan fingerprint density at radius 1 is 1.17 bits per heavy atom. The second-order valence-electron chi connectivity index (χ2n) is 6.90. The number of aryl methyl sites for hydroxylation is 2. The lowest BCUT2D eigenvalue weighted by atomic mass is 9.99. The van der Waals surface area contributed by atoms with Gasteiger partial charge in [0, 0.05) is 24.8 Å². The van der Waals surface area contributed by atoms with Crippen molar-refractivity contribution >= 4 is 0 Å². The lowest BCUT2D eigenvalue weighted by molar-refractivity contribution is 0.181. The molecule has 1 fully saturated rings. The van der Waals surface area contributed by atoms with Crippen molar-refractivity contribution in [1.82, 2.24) is 9.47 Å². The highest BCUT2D eigenvalue weighted by molar-refractivity contribution is 5.21. The zero-order chi connectivity index (χ0) is 16.9. The zero-order valence-electron chi connectivity index (χ0n) is 14.3. The first-order valence-electron chi connectivity index (χ1n) is 8.80. The number of benzene rings is 1. The van der Waals surface area contributed by atoms with Crippen LogP contribution in [0.15, 0.2) is 47.4 Å². The third-order valence-electron chi connectivity index (χ3n) is 4.94. The molecular weight excluding hydrogens is 300 g/mol. The number of pyridine rings is 1. The number of rotatable bonds is 5. The fraction of sp³-hybridized carbons (Fsp3) is 0.450. The summed E-state index contributed by atoms with van der Waals surface area (Å²) in [7, 11) is 0. The second-order valence-corrected chi connectivity index (χ2v) is 6.90.